The maximum Gasteiger partial charge on any atom is 0.255 e. The minimum Gasteiger partial charge on any atom is -0.436 e. The van der Waals surface area contributed by atoms with Crippen molar-refractivity contribution in [2.45, 2.75) is 13.3 Å². The first-order valence-corrected chi connectivity index (χ1v) is 9.07. The molecular formula is C22H17ClN2O2. The molecule has 1 amide bonds. The van der Waals surface area contributed by atoms with Gasteiger partial charge in [0.05, 0.1) is 0 Å². The molecule has 134 valence electrons. The number of amides is 1. The summed E-state index contributed by atoms with van der Waals surface area (Å²) in [6.07, 6.45) is 0.957. The first-order valence-electron chi connectivity index (χ1n) is 8.69. The van der Waals surface area contributed by atoms with Gasteiger partial charge in [-0.2, -0.15) is 0 Å². The van der Waals surface area contributed by atoms with Crippen LogP contribution in [0.3, 0.4) is 0 Å². The van der Waals surface area contributed by atoms with Crippen LogP contribution in [0, 0.1) is 0 Å². The molecule has 4 nitrogen and oxygen atoms in total. The zero-order valence-corrected chi connectivity index (χ0v) is 15.5. The molecule has 27 heavy (non-hydrogen) atoms. The number of hydrogen-bond donors (Lipinski definition) is 1. The molecule has 3 aromatic carbocycles. The van der Waals surface area contributed by atoms with Crippen LogP contribution in [0.4, 0.5) is 5.69 Å². The lowest BCUT2D eigenvalue weighted by Gasteiger charge is -2.06. The molecule has 5 heteroatoms. The molecule has 0 saturated heterocycles. The highest BCUT2D eigenvalue weighted by Gasteiger charge is 2.10. The smallest absolute Gasteiger partial charge is 0.255 e. The number of fused-ring (bicyclic) bond motifs is 1. The van der Waals surface area contributed by atoms with Crippen molar-refractivity contribution in [2.75, 3.05) is 5.32 Å². The van der Waals surface area contributed by atoms with E-state index in [4.69, 9.17) is 16.0 Å². The number of aryl methyl sites for hydroxylation is 1. The number of benzene rings is 3. The fraction of sp³-hybridized carbons (Fsp3) is 0.0909. The van der Waals surface area contributed by atoms with Crippen LogP contribution in [0.15, 0.2) is 71.1 Å². The highest BCUT2D eigenvalue weighted by atomic mass is 35.5. The van der Waals surface area contributed by atoms with Crippen molar-refractivity contribution >= 4 is 34.3 Å². The van der Waals surface area contributed by atoms with E-state index in [0.717, 1.165) is 23.1 Å². The minimum atomic E-state index is -0.209. The van der Waals surface area contributed by atoms with E-state index in [1.165, 1.54) is 5.56 Å². The summed E-state index contributed by atoms with van der Waals surface area (Å²) >= 11 is 5.94. The second-order valence-electron chi connectivity index (χ2n) is 6.22. The molecule has 0 fully saturated rings. The molecule has 4 aromatic rings. The van der Waals surface area contributed by atoms with Crippen LogP contribution in [0.2, 0.25) is 5.02 Å². The summed E-state index contributed by atoms with van der Waals surface area (Å²) in [4.78, 5) is 16.9. The lowest BCUT2D eigenvalue weighted by Crippen LogP contribution is -2.11. The topological polar surface area (TPSA) is 55.1 Å². The third kappa shape index (κ3) is 3.71. The molecule has 0 bridgehead atoms. The average Bonchev–Trinajstić information content (AvgIpc) is 3.11. The number of hydrogen-bond acceptors (Lipinski definition) is 3. The molecule has 1 heterocycles. The zero-order valence-electron chi connectivity index (χ0n) is 14.7. The summed E-state index contributed by atoms with van der Waals surface area (Å²) in [7, 11) is 0. The molecule has 0 radical (unpaired) electrons. The molecule has 1 aromatic heterocycles. The van der Waals surface area contributed by atoms with Crippen LogP contribution in [-0.4, -0.2) is 10.9 Å². The lowest BCUT2D eigenvalue weighted by molar-refractivity contribution is 0.102. The third-order valence-corrected chi connectivity index (χ3v) is 4.57. The summed E-state index contributed by atoms with van der Waals surface area (Å²) in [5.74, 6) is 0.352. The molecule has 0 atom stereocenters. The van der Waals surface area contributed by atoms with E-state index in [-0.39, 0.29) is 5.91 Å². The number of halogens is 1. The molecule has 0 aliphatic carbocycles. The summed E-state index contributed by atoms with van der Waals surface area (Å²) < 4.78 is 5.84. The van der Waals surface area contributed by atoms with Crippen molar-refractivity contribution in [3.05, 3.63) is 82.9 Å². The molecule has 0 spiro atoms. The van der Waals surface area contributed by atoms with Gasteiger partial charge in [-0.15, -0.1) is 0 Å². The van der Waals surface area contributed by atoms with Crippen LogP contribution < -0.4 is 5.32 Å². The maximum absolute atomic E-state index is 12.3. The Morgan fingerprint density at radius 2 is 1.89 bits per heavy atom. The Balaban J connectivity index is 1.54. The molecule has 1 N–H and O–H groups in total. The van der Waals surface area contributed by atoms with Crippen LogP contribution in [0.1, 0.15) is 22.8 Å². The van der Waals surface area contributed by atoms with E-state index in [0.29, 0.717) is 22.2 Å². The van der Waals surface area contributed by atoms with Gasteiger partial charge in [0.25, 0.3) is 5.91 Å². The van der Waals surface area contributed by atoms with Gasteiger partial charge in [-0.1, -0.05) is 30.7 Å². The van der Waals surface area contributed by atoms with Gasteiger partial charge in [-0.3, -0.25) is 4.79 Å². The Hall–Kier alpha value is -3.11. The van der Waals surface area contributed by atoms with E-state index in [1.54, 1.807) is 24.3 Å². The Bertz CT molecular complexity index is 1120. The first kappa shape index (κ1) is 17.3. The highest BCUT2D eigenvalue weighted by Crippen LogP contribution is 2.26. The van der Waals surface area contributed by atoms with Crippen LogP contribution >= 0.6 is 11.6 Å². The van der Waals surface area contributed by atoms with Crippen LogP contribution in [0.25, 0.3) is 22.6 Å². The quantitative estimate of drug-likeness (QED) is 0.478. The van der Waals surface area contributed by atoms with Crippen molar-refractivity contribution in [2.24, 2.45) is 0 Å². The van der Waals surface area contributed by atoms with Gasteiger partial charge < -0.3 is 9.73 Å². The second-order valence-corrected chi connectivity index (χ2v) is 6.65. The SMILES string of the molecule is CCc1ccc2oc(-c3ccc(NC(=O)c4cccc(Cl)c4)cc3)nc2c1. The Kier molecular flexibility index (Phi) is 4.65. The van der Waals surface area contributed by atoms with E-state index in [1.807, 2.05) is 42.5 Å². The van der Waals surface area contributed by atoms with Gasteiger partial charge in [0.2, 0.25) is 5.89 Å². The monoisotopic (exact) mass is 376 g/mol. The predicted octanol–water partition coefficient (Wildman–Crippen LogP) is 5.96. The van der Waals surface area contributed by atoms with E-state index < -0.39 is 0 Å². The normalized spacial score (nSPS) is 10.9. The Labute approximate surface area is 161 Å². The average molecular weight is 377 g/mol. The van der Waals surface area contributed by atoms with E-state index >= 15 is 0 Å². The number of anilines is 1. The van der Waals surface area contributed by atoms with Gasteiger partial charge in [0, 0.05) is 21.8 Å². The molecule has 0 aliphatic rings. The Morgan fingerprint density at radius 3 is 2.63 bits per heavy atom. The number of oxazole rings is 1. The van der Waals surface area contributed by atoms with E-state index in [9.17, 15) is 4.79 Å². The predicted molar refractivity (Wildman–Crippen MR) is 108 cm³/mol. The Morgan fingerprint density at radius 1 is 1.07 bits per heavy atom. The standard InChI is InChI=1S/C22H17ClN2O2/c1-2-14-6-11-20-19(12-14)25-22(27-20)15-7-9-18(10-8-15)24-21(26)16-4-3-5-17(23)13-16/h3-13H,2H2,1H3,(H,24,26). The van der Waals surface area contributed by atoms with Crippen molar-refractivity contribution in [1.82, 2.24) is 4.98 Å². The van der Waals surface area contributed by atoms with Crippen molar-refractivity contribution in [3.8, 4) is 11.5 Å². The molecular weight excluding hydrogens is 360 g/mol. The molecule has 0 aliphatic heterocycles. The van der Waals surface area contributed by atoms with Crippen molar-refractivity contribution < 1.29 is 9.21 Å². The van der Waals surface area contributed by atoms with Gasteiger partial charge in [-0.05, 0) is 66.6 Å². The number of nitrogens with one attached hydrogen (secondary N) is 1. The third-order valence-electron chi connectivity index (χ3n) is 4.34. The van der Waals surface area contributed by atoms with Gasteiger partial charge in [0.15, 0.2) is 5.58 Å². The van der Waals surface area contributed by atoms with Gasteiger partial charge in [-0.25, -0.2) is 4.98 Å². The summed E-state index contributed by atoms with van der Waals surface area (Å²) in [6.45, 7) is 2.11. The van der Waals surface area contributed by atoms with E-state index in [2.05, 4.69) is 17.2 Å². The number of rotatable bonds is 4. The summed E-state index contributed by atoms with van der Waals surface area (Å²) in [5.41, 5.74) is 4.89. The minimum absolute atomic E-state index is 0.209. The lowest BCUT2D eigenvalue weighted by atomic mass is 10.1. The zero-order chi connectivity index (χ0) is 18.8. The highest BCUT2D eigenvalue weighted by molar-refractivity contribution is 6.31. The maximum atomic E-state index is 12.3. The van der Waals surface area contributed by atoms with Crippen molar-refractivity contribution in [3.63, 3.8) is 0 Å². The molecule has 4 rings (SSSR count). The number of carbonyl (C=O) groups excluding carboxylic acids is 1. The van der Waals surface area contributed by atoms with Gasteiger partial charge >= 0.3 is 0 Å². The summed E-state index contributed by atoms with van der Waals surface area (Å²) in [6, 6.07) is 20.3. The van der Waals surface area contributed by atoms with Crippen molar-refractivity contribution in [1.29, 1.82) is 0 Å². The fourth-order valence-electron chi connectivity index (χ4n) is 2.85. The molecule has 0 unspecified atom stereocenters. The largest absolute Gasteiger partial charge is 0.436 e. The number of aromatic nitrogens is 1. The second kappa shape index (κ2) is 7.25. The molecule has 0 saturated carbocycles. The van der Waals surface area contributed by atoms with Gasteiger partial charge in [0.1, 0.15) is 5.52 Å². The number of carbonyl (C=O) groups is 1. The van der Waals surface area contributed by atoms with Crippen LogP contribution in [-0.2, 0) is 6.42 Å². The van der Waals surface area contributed by atoms with Crippen LogP contribution in [0.5, 0.6) is 0 Å². The number of nitrogens with zero attached hydrogens (tertiary/aromatic N) is 1. The first-order chi connectivity index (χ1) is 13.1. The summed E-state index contributed by atoms with van der Waals surface area (Å²) in [5, 5.41) is 3.39. The fourth-order valence-corrected chi connectivity index (χ4v) is 3.04.